The van der Waals surface area contributed by atoms with Crippen molar-refractivity contribution in [1.29, 1.82) is 0 Å². The van der Waals surface area contributed by atoms with Crippen molar-refractivity contribution in [2.45, 2.75) is 0 Å². The normalized spacial score (nSPS) is 9.57. The predicted molar refractivity (Wildman–Crippen MR) is 53.6 cm³/mol. The Morgan fingerprint density at radius 2 is 2.29 bits per heavy atom. The van der Waals surface area contributed by atoms with E-state index in [1.54, 1.807) is 19.0 Å². The van der Waals surface area contributed by atoms with Crippen LogP contribution in [0.1, 0.15) is 5.69 Å². The molecule has 74 valence electrons. The number of nitrogens with zero attached hydrogens (tertiary/aromatic N) is 3. The fourth-order valence-corrected chi connectivity index (χ4v) is 0.978. The summed E-state index contributed by atoms with van der Waals surface area (Å²) in [5.41, 5.74) is 0.811. The van der Waals surface area contributed by atoms with Crippen molar-refractivity contribution in [2.24, 2.45) is 0 Å². The van der Waals surface area contributed by atoms with Crippen LogP contribution in [-0.2, 0) is 0 Å². The molecule has 0 spiro atoms. The Balaban J connectivity index is 3.20. The van der Waals surface area contributed by atoms with Gasteiger partial charge in [0.1, 0.15) is 0 Å². The zero-order valence-electron chi connectivity index (χ0n) is 8.10. The summed E-state index contributed by atoms with van der Waals surface area (Å²) in [5.74, 6) is 0. The molecule has 0 N–H and O–H groups in total. The van der Waals surface area contributed by atoms with E-state index < -0.39 is 4.92 Å². The SMILES string of the molecule is C=C(c1ncccc1[N+](=O)[O-])N(C)C. The molecule has 0 saturated heterocycles. The van der Waals surface area contributed by atoms with Crippen LogP contribution < -0.4 is 0 Å². The Bertz CT molecular complexity index is 374. The van der Waals surface area contributed by atoms with E-state index in [9.17, 15) is 10.1 Å². The number of pyridine rings is 1. The fourth-order valence-electron chi connectivity index (χ4n) is 0.978. The first kappa shape index (κ1) is 10.2. The van der Waals surface area contributed by atoms with Crippen molar-refractivity contribution >= 4 is 11.4 Å². The fraction of sp³-hybridized carbons (Fsp3) is 0.222. The lowest BCUT2D eigenvalue weighted by atomic mass is 10.2. The summed E-state index contributed by atoms with van der Waals surface area (Å²) < 4.78 is 0. The number of nitro groups is 1. The van der Waals surface area contributed by atoms with E-state index in [4.69, 9.17) is 0 Å². The molecule has 0 radical (unpaired) electrons. The van der Waals surface area contributed by atoms with Gasteiger partial charge in [0, 0.05) is 26.4 Å². The molecule has 0 aliphatic rings. The Morgan fingerprint density at radius 3 is 2.79 bits per heavy atom. The average Bonchev–Trinajstić information content (AvgIpc) is 2.16. The van der Waals surface area contributed by atoms with Gasteiger partial charge in [-0.1, -0.05) is 6.58 Å². The summed E-state index contributed by atoms with van der Waals surface area (Å²) in [7, 11) is 3.53. The van der Waals surface area contributed by atoms with Crippen LogP contribution in [0.2, 0.25) is 0 Å². The third-order valence-corrected chi connectivity index (χ3v) is 1.80. The van der Waals surface area contributed by atoms with E-state index in [2.05, 4.69) is 11.6 Å². The van der Waals surface area contributed by atoms with Crippen LogP contribution in [0.25, 0.3) is 5.70 Å². The molecule has 0 saturated carbocycles. The van der Waals surface area contributed by atoms with Gasteiger partial charge in [-0.25, -0.2) is 4.98 Å². The van der Waals surface area contributed by atoms with Crippen LogP contribution in [0.4, 0.5) is 5.69 Å². The molecule has 0 aromatic carbocycles. The van der Waals surface area contributed by atoms with Crippen molar-refractivity contribution in [1.82, 2.24) is 9.88 Å². The minimum absolute atomic E-state index is 0.0220. The van der Waals surface area contributed by atoms with Gasteiger partial charge in [0.25, 0.3) is 5.69 Å². The molecule has 0 fully saturated rings. The zero-order chi connectivity index (χ0) is 10.7. The van der Waals surface area contributed by atoms with Crippen LogP contribution in [0.3, 0.4) is 0 Å². The summed E-state index contributed by atoms with van der Waals surface area (Å²) in [5, 5.41) is 10.7. The molecule has 0 bridgehead atoms. The monoisotopic (exact) mass is 193 g/mol. The van der Waals surface area contributed by atoms with Crippen LogP contribution in [-0.4, -0.2) is 28.9 Å². The summed E-state index contributed by atoms with van der Waals surface area (Å²) in [6.45, 7) is 3.73. The number of hydrogen-bond acceptors (Lipinski definition) is 4. The largest absolute Gasteiger partial charge is 0.376 e. The molecule has 0 atom stereocenters. The minimum Gasteiger partial charge on any atom is -0.376 e. The lowest BCUT2D eigenvalue weighted by molar-refractivity contribution is -0.385. The summed E-state index contributed by atoms with van der Waals surface area (Å²) in [6.07, 6.45) is 1.51. The summed E-state index contributed by atoms with van der Waals surface area (Å²) in [6, 6.07) is 2.95. The van der Waals surface area contributed by atoms with Crippen LogP contribution in [0.15, 0.2) is 24.9 Å². The van der Waals surface area contributed by atoms with Gasteiger partial charge in [-0.2, -0.15) is 0 Å². The van der Waals surface area contributed by atoms with E-state index in [0.717, 1.165) is 0 Å². The highest BCUT2D eigenvalue weighted by atomic mass is 16.6. The van der Waals surface area contributed by atoms with E-state index in [0.29, 0.717) is 11.4 Å². The maximum Gasteiger partial charge on any atom is 0.296 e. The molecule has 0 amide bonds. The lowest BCUT2D eigenvalue weighted by Gasteiger charge is -2.14. The molecule has 1 rings (SSSR count). The van der Waals surface area contributed by atoms with Crippen LogP contribution in [0, 0.1) is 10.1 Å². The van der Waals surface area contributed by atoms with Gasteiger partial charge in [0.15, 0.2) is 5.69 Å². The van der Waals surface area contributed by atoms with Gasteiger partial charge in [0.2, 0.25) is 0 Å². The second-order valence-corrected chi connectivity index (χ2v) is 2.97. The highest BCUT2D eigenvalue weighted by molar-refractivity contribution is 5.66. The molecule has 5 heteroatoms. The van der Waals surface area contributed by atoms with Gasteiger partial charge >= 0.3 is 0 Å². The summed E-state index contributed by atoms with van der Waals surface area (Å²) in [4.78, 5) is 15.8. The standard InChI is InChI=1S/C9H11N3O2/c1-7(11(2)3)9-8(12(13)14)5-4-6-10-9/h4-6H,1H2,2-3H3. The van der Waals surface area contributed by atoms with Crippen molar-refractivity contribution in [3.8, 4) is 0 Å². The number of rotatable bonds is 3. The number of aromatic nitrogens is 1. The molecule has 0 aliphatic carbocycles. The van der Waals surface area contributed by atoms with E-state index >= 15 is 0 Å². The Labute approximate surface area is 81.8 Å². The van der Waals surface area contributed by atoms with Crippen molar-refractivity contribution in [3.63, 3.8) is 0 Å². The third kappa shape index (κ3) is 1.87. The van der Waals surface area contributed by atoms with Crippen molar-refractivity contribution in [3.05, 3.63) is 40.7 Å². The van der Waals surface area contributed by atoms with Crippen LogP contribution >= 0.6 is 0 Å². The predicted octanol–water partition coefficient (Wildman–Crippen LogP) is 1.52. The molecule has 5 nitrogen and oxygen atoms in total. The maximum atomic E-state index is 10.7. The highest BCUT2D eigenvalue weighted by Crippen LogP contribution is 2.22. The zero-order valence-corrected chi connectivity index (χ0v) is 8.10. The van der Waals surface area contributed by atoms with Gasteiger partial charge < -0.3 is 4.90 Å². The summed E-state index contributed by atoms with van der Waals surface area (Å²) >= 11 is 0. The highest BCUT2D eigenvalue weighted by Gasteiger charge is 2.17. The number of hydrogen-bond donors (Lipinski definition) is 0. The Morgan fingerprint density at radius 1 is 1.64 bits per heavy atom. The van der Waals surface area contributed by atoms with E-state index in [-0.39, 0.29) is 5.69 Å². The van der Waals surface area contributed by atoms with Crippen molar-refractivity contribution in [2.75, 3.05) is 14.1 Å². The van der Waals surface area contributed by atoms with Gasteiger partial charge in [-0.3, -0.25) is 10.1 Å². The average molecular weight is 193 g/mol. The third-order valence-electron chi connectivity index (χ3n) is 1.80. The first-order chi connectivity index (χ1) is 6.54. The second kappa shape index (κ2) is 3.87. The molecular formula is C9H11N3O2. The smallest absolute Gasteiger partial charge is 0.296 e. The molecule has 14 heavy (non-hydrogen) atoms. The molecule has 0 aliphatic heterocycles. The van der Waals surface area contributed by atoms with Gasteiger partial charge in [-0.05, 0) is 6.07 Å². The first-order valence-corrected chi connectivity index (χ1v) is 4.00. The quantitative estimate of drug-likeness (QED) is 0.539. The topological polar surface area (TPSA) is 59.3 Å². The van der Waals surface area contributed by atoms with Crippen LogP contribution in [0.5, 0.6) is 0 Å². The molecule has 1 aromatic rings. The molecular weight excluding hydrogens is 182 g/mol. The van der Waals surface area contributed by atoms with E-state index in [1.807, 2.05) is 0 Å². The lowest BCUT2D eigenvalue weighted by Crippen LogP contribution is -2.11. The Hall–Kier alpha value is -1.91. The molecule has 1 aromatic heterocycles. The Kier molecular flexibility index (Phi) is 2.81. The van der Waals surface area contributed by atoms with Crippen molar-refractivity contribution < 1.29 is 4.92 Å². The minimum atomic E-state index is -0.461. The van der Waals surface area contributed by atoms with E-state index in [1.165, 1.54) is 18.3 Å². The molecule has 0 unspecified atom stereocenters. The second-order valence-electron chi connectivity index (χ2n) is 2.97. The molecule has 1 heterocycles. The first-order valence-electron chi connectivity index (χ1n) is 4.00. The van der Waals surface area contributed by atoms with Gasteiger partial charge in [0.05, 0.1) is 10.6 Å². The van der Waals surface area contributed by atoms with Gasteiger partial charge in [-0.15, -0.1) is 0 Å². The maximum absolute atomic E-state index is 10.7.